The second kappa shape index (κ2) is 10.5. The first-order chi connectivity index (χ1) is 14.8. The molecule has 1 aromatic rings. The van der Waals surface area contributed by atoms with Crippen molar-refractivity contribution in [3.63, 3.8) is 0 Å². The van der Waals surface area contributed by atoms with Gasteiger partial charge in [-0.1, -0.05) is 18.2 Å². The molecule has 12 heteroatoms. The van der Waals surface area contributed by atoms with Crippen LogP contribution in [-0.2, 0) is 20.8 Å². The summed E-state index contributed by atoms with van der Waals surface area (Å²) in [6.45, 7) is -1.70. The maximum absolute atomic E-state index is 10.6. The van der Waals surface area contributed by atoms with Gasteiger partial charge in [0.25, 0.3) is 0 Å². The number of aliphatic hydroxyl groups excluding tert-OH is 8. The van der Waals surface area contributed by atoms with E-state index >= 15 is 0 Å². The van der Waals surface area contributed by atoms with E-state index < -0.39 is 74.6 Å². The number of para-hydroxylation sites is 1. The van der Waals surface area contributed by atoms with E-state index in [1.165, 1.54) is 6.07 Å². The van der Waals surface area contributed by atoms with E-state index in [2.05, 4.69) is 0 Å². The second-order valence-electron chi connectivity index (χ2n) is 7.39. The van der Waals surface area contributed by atoms with E-state index in [1.807, 2.05) is 0 Å². The van der Waals surface area contributed by atoms with Gasteiger partial charge in [-0.3, -0.25) is 0 Å². The van der Waals surface area contributed by atoms with Crippen LogP contribution in [0.4, 0.5) is 0 Å². The van der Waals surface area contributed by atoms with Crippen molar-refractivity contribution < 1.29 is 59.8 Å². The Hall–Kier alpha value is -1.42. The molecule has 0 spiro atoms. The molecule has 0 aliphatic carbocycles. The first-order valence-corrected chi connectivity index (χ1v) is 9.76. The summed E-state index contributed by atoms with van der Waals surface area (Å²) in [6, 6.07) is 6.39. The molecule has 31 heavy (non-hydrogen) atoms. The molecule has 2 saturated heterocycles. The molecular weight excluding hydrogens is 420 g/mol. The summed E-state index contributed by atoms with van der Waals surface area (Å²) < 4.78 is 22.1. The van der Waals surface area contributed by atoms with Crippen molar-refractivity contribution in [1.29, 1.82) is 0 Å². The van der Waals surface area contributed by atoms with Gasteiger partial charge in [-0.05, 0) is 6.07 Å². The molecule has 0 radical (unpaired) electrons. The molecule has 10 unspecified atom stereocenters. The van der Waals surface area contributed by atoms with Gasteiger partial charge in [-0.2, -0.15) is 0 Å². The van der Waals surface area contributed by atoms with Crippen LogP contribution in [0.1, 0.15) is 5.56 Å². The molecule has 0 bridgehead atoms. The Balaban J connectivity index is 1.85. The number of hydrogen-bond donors (Lipinski definition) is 8. The largest absolute Gasteiger partial charge is 0.462 e. The minimum atomic E-state index is -1.76. The highest BCUT2D eigenvalue weighted by Gasteiger charge is 2.51. The van der Waals surface area contributed by atoms with E-state index in [9.17, 15) is 40.9 Å². The van der Waals surface area contributed by atoms with Crippen molar-refractivity contribution in [3.05, 3.63) is 29.8 Å². The lowest BCUT2D eigenvalue weighted by Crippen LogP contribution is -2.65. The highest BCUT2D eigenvalue weighted by atomic mass is 16.8. The second-order valence-corrected chi connectivity index (χ2v) is 7.39. The number of rotatable bonds is 7. The normalized spacial score (nSPS) is 41.2. The van der Waals surface area contributed by atoms with E-state index in [1.54, 1.807) is 18.2 Å². The van der Waals surface area contributed by atoms with E-state index in [4.69, 9.17) is 18.9 Å². The van der Waals surface area contributed by atoms with Crippen molar-refractivity contribution in [2.24, 2.45) is 0 Å². The van der Waals surface area contributed by atoms with Crippen molar-refractivity contribution in [2.45, 2.75) is 68.0 Å². The Kier molecular flexibility index (Phi) is 8.18. The first-order valence-electron chi connectivity index (χ1n) is 9.76. The summed E-state index contributed by atoms with van der Waals surface area (Å²) in [5, 5.41) is 79.2. The monoisotopic (exact) mass is 448 g/mol. The third-order valence-electron chi connectivity index (χ3n) is 5.35. The van der Waals surface area contributed by atoms with Crippen LogP contribution in [0, 0.1) is 0 Å². The Morgan fingerprint density at radius 1 is 0.710 bits per heavy atom. The van der Waals surface area contributed by atoms with Gasteiger partial charge in [0.15, 0.2) is 12.4 Å². The summed E-state index contributed by atoms with van der Waals surface area (Å²) in [6.07, 6.45) is -15.4. The summed E-state index contributed by atoms with van der Waals surface area (Å²) in [5.41, 5.74) is 0.388. The molecule has 0 amide bonds. The lowest BCUT2D eigenvalue weighted by molar-refractivity contribution is -0.358. The van der Waals surface area contributed by atoms with Gasteiger partial charge in [0.05, 0.1) is 19.8 Å². The molecule has 10 atom stereocenters. The molecule has 2 aliphatic heterocycles. The first kappa shape index (κ1) is 24.2. The highest BCUT2D eigenvalue weighted by molar-refractivity contribution is 5.32. The van der Waals surface area contributed by atoms with Gasteiger partial charge in [-0.25, -0.2) is 0 Å². The Morgan fingerprint density at radius 3 is 1.90 bits per heavy atom. The number of benzene rings is 1. The van der Waals surface area contributed by atoms with Crippen LogP contribution in [-0.4, -0.2) is 115 Å². The minimum Gasteiger partial charge on any atom is -0.462 e. The maximum Gasteiger partial charge on any atom is 0.229 e. The third-order valence-corrected chi connectivity index (χ3v) is 5.35. The van der Waals surface area contributed by atoms with Crippen molar-refractivity contribution in [1.82, 2.24) is 0 Å². The van der Waals surface area contributed by atoms with E-state index in [0.29, 0.717) is 5.56 Å². The van der Waals surface area contributed by atoms with E-state index in [0.717, 1.165) is 0 Å². The average Bonchev–Trinajstić information content (AvgIpc) is 2.78. The topological polar surface area (TPSA) is 199 Å². The van der Waals surface area contributed by atoms with Crippen LogP contribution in [0.2, 0.25) is 0 Å². The predicted molar refractivity (Wildman–Crippen MR) is 99.4 cm³/mol. The maximum atomic E-state index is 10.6. The van der Waals surface area contributed by atoms with Gasteiger partial charge in [0.2, 0.25) is 6.29 Å². The van der Waals surface area contributed by atoms with Crippen LogP contribution < -0.4 is 4.74 Å². The molecule has 2 aliphatic rings. The Bertz CT molecular complexity index is 702. The Labute approximate surface area is 177 Å². The van der Waals surface area contributed by atoms with Gasteiger partial charge in [-0.15, -0.1) is 0 Å². The SMILES string of the molecule is OCc1ccccc1OC1OC(CO)C(O)C(O)C1OC1OC(CO)C(O)C(O)C1O. The quantitative estimate of drug-likeness (QED) is 0.203. The lowest BCUT2D eigenvalue weighted by Gasteiger charge is -2.45. The molecule has 2 heterocycles. The summed E-state index contributed by atoms with van der Waals surface area (Å²) in [4.78, 5) is 0. The van der Waals surface area contributed by atoms with Crippen LogP contribution in [0.3, 0.4) is 0 Å². The van der Waals surface area contributed by atoms with Crippen molar-refractivity contribution in [2.75, 3.05) is 13.2 Å². The van der Waals surface area contributed by atoms with Crippen molar-refractivity contribution in [3.8, 4) is 5.75 Å². The molecule has 2 fully saturated rings. The van der Waals surface area contributed by atoms with Crippen LogP contribution in [0.15, 0.2) is 24.3 Å². The Morgan fingerprint density at radius 2 is 1.29 bits per heavy atom. The predicted octanol–water partition coefficient (Wildman–Crippen LogP) is -3.82. The van der Waals surface area contributed by atoms with Gasteiger partial charge >= 0.3 is 0 Å². The minimum absolute atomic E-state index is 0.178. The molecule has 1 aromatic carbocycles. The fourth-order valence-corrected chi connectivity index (χ4v) is 3.51. The molecule has 3 rings (SSSR count). The van der Waals surface area contributed by atoms with Crippen LogP contribution in [0.5, 0.6) is 5.75 Å². The number of aliphatic hydroxyl groups is 8. The fraction of sp³-hybridized carbons (Fsp3) is 0.684. The van der Waals surface area contributed by atoms with Gasteiger partial charge < -0.3 is 59.8 Å². The zero-order chi connectivity index (χ0) is 22.7. The van der Waals surface area contributed by atoms with Gasteiger partial charge in [0, 0.05) is 5.56 Å². The molecule has 0 aromatic heterocycles. The molecule has 0 saturated carbocycles. The molecular formula is C19H28O12. The van der Waals surface area contributed by atoms with Crippen molar-refractivity contribution >= 4 is 0 Å². The zero-order valence-corrected chi connectivity index (χ0v) is 16.4. The molecule has 8 N–H and O–H groups in total. The van der Waals surface area contributed by atoms with E-state index in [-0.39, 0.29) is 12.4 Å². The third kappa shape index (κ3) is 4.99. The zero-order valence-electron chi connectivity index (χ0n) is 16.4. The molecule has 12 nitrogen and oxygen atoms in total. The smallest absolute Gasteiger partial charge is 0.229 e. The summed E-state index contributed by atoms with van der Waals surface area (Å²) in [7, 11) is 0. The standard InChI is InChI=1S/C19H28O12/c20-5-8-3-1-2-4-9(8)28-19-17(15(26)13(24)11(7-22)30-19)31-18-16(27)14(25)12(23)10(6-21)29-18/h1-4,10-27H,5-7H2. The molecule has 176 valence electrons. The van der Waals surface area contributed by atoms with Crippen LogP contribution in [0.25, 0.3) is 0 Å². The summed E-state index contributed by atoms with van der Waals surface area (Å²) >= 11 is 0. The number of ether oxygens (including phenoxy) is 4. The lowest BCUT2D eigenvalue weighted by atomic mass is 9.97. The summed E-state index contributed by atoms with van der Waals surface area (Å²) in [5.74, 6) is 0.178. The fourth-order valence-electron chi connectivity index (χ4n) is 3.51. The highest BCUT2D eigenvalue weighted by Crippen LogP contribution is 2.31. The average molecular weight is 448 g/mol. The number of hydrogen-bond acceptors (Lipinski definition) is 12. The van der Waals surface area contributed by atoms with Gasteiger partial charge in [0.1, 0.15) is 48.5 Å². The van der Waals surface area contributed by atoms with Crippen LogP contribution >= 0.6 is 0 Å².